The van der Waals surface area contributed by atoms with Gasteiger partial charge in [0.25, 0.3) is 0 Å². The SMILES string of the molecule is CCOc1ccc(-c2nc3ccccc3o2)cc1. The summed E-state index contributed by atoms with van der Waals surface area (Å²) in [5.74, 6) is 1.50. The Morgan fingerprint density at radius 2 is 1.83 bits per heavy atom. The lowest BCUT2D eigenvalue weighted by Gasteiger charge is -2.02. The van der Waals surface area contributed by atoms with E-state index in [1.807, 2.05) is 55.5 Å². The van der Waals surface area contributed by atoms with Crippen LogP contribution in [0, 0.1) is 0 Å². The van der Waals surface area contributed by atoms with E-state index >= 15 is 0 Å². The van der Waals surface area contributed by atoms with Crippen LogP contribution in [0.4, 0.5) is 0 Å². The number of fused-ring (bicyclic) bond motifs is 1. The Labute approximate surface area is 105 Å². The third-order valence-electron chi connectivity index (χ3n) is 2.71. The molecule has 0 N–H and O–H groups in total. The molecule has 1 heterocycles. The topological polar surface area (TPSA) is 35.3 Å². The Morgan fingerprint density at radius 1 is 1.06 bits per heavy atom. The molecule has 90 valence electrons. The maximum Gasteiger partial charge on any atom is 0.227 e. The highest BCUT2D eigenvalue weighted by Crippen LogP contribution is 2.25. The second kappa shape index (κ2) is 4.53. The van der Waals surface area contributed by atoms with Crippen LogP contribution in [0.2, 0.25) is 0 Å². The maximum atomic E-state index is 5.70. The number of ether oxygens (including phenoxy) is 1. The van der Waals surface area contributed by atoms with Crippen molar-refractivity contribution in [3.63, 3.8) is 0 Å². The fourth-order valence-corrected chi connectivity index (χ4v) is 1.86. The molecule has 2 aromatic carbocycles. The van der Waals surface area contributed by atoms with E-state index < -0.39 is 0 Å². The number of hydrogen-bond acceptors (Lipinski definition) is 3. The lowest BCUT2D eigenvalue weighted by atomic mass is 10.2. The predicted octanol–water partition coefficient (Wildman–Crippen LogP) is 3.89. The monoisotopic (exact) mass is 239 g/mol. The summed E-state index contributed by atoms with van der Waals surface area (Å²) in [4.78, 5) is 4.45. The Balaban J connectivity index is 1.98. The van der Waals surface area contributed by atoms with Gasteiger partial charge in [-0.3, -0.25) is 0 Å². The number of benzene rings is 2. The van der Waals surface area contributed by atoms with Gasteiger partial charge in [-0.2, -0.15) is 0 Å². The van der Waals surface area contributed by atoms with Crippen LogP contribution < -0.4 is 4.74 Å². The van der Waals surface area contributed by atoms with Gasteiger partial charge in [-0.25, -0.2) is 4.98 Å². The highest BCUT2D eigenvalue weighted by atomic mass is 16.5. The summed E-state index contributed by atoms with van der Waals surface area (Å²) in [6.45, 7) is 2.64. The van der Waals surface area contributed by atoms with Gasteiger partial charge in [0.05, 0.1) is 6.61 Å². The number of nitrogens with zero attached hydrogens (tertiary/aromatic N) is 1. The van der Waals surface area contributed by atoms with Gasteiger partial charge in [0.1, 0.15) is 11.3 Å². The van der Waals surface area contributed by atoms with Crippen molar-refractivity contribution in [2.75, 3.05) is 6.61 Å². The molecule has 0 bridgehead atoms. The number of oxazole rings is 1. The van der Waals surface area contributed by atoms with Crippen molar-refractivity contribution in [3.8, 4) is 17.2 Å². The zero-order valence-corrected chi connectivity index (χ0v) is 10.1. The minimum Gasteiger partial charge on any atom is -0.494 e. The lowest BCUT2D eigenvalue weighted by molar-refractivity contribution is 0.340. The number of hydrogen-bond donors (Lipinski definition) is 0. The van der Waals surface area contributed by atoms with Gasteiger partial charge in [0.2, 0.25) is 5.89 Å². The summed E-state index contributed by atoms with van der Waals surface area (Å²) in [6, 6.07) is 15.5. The molecule has 0 aliphatic carbocycles. The summed E-state index contributed by atoms with van der Waals surface area (Å²) in [6.07, 6.45) is 0. The minimum atomic E-state index is 0.638. The average Bonchev–Trinajstić information content (AvgIpc) is 2.84. The third-order valence-corrected chi connectivity index (χ3v) is 2.71. The fourth-order valence-electron chi connectivity index (χ4n) is 1.86. The first-order chi connectivity index (χ1) is 8.86. The molecule has 0 aliphatic heterocycles. The molecule has 0 spiro atoms. The molecule has 0 amide bonds. The molecule has 0 fully saturated rings. The molecule has 1 aromatic heterocycles. The van der Waals surface area contributed by atoms with E-state index in [4.69, 9.17) is 9.15 Å². The van der Waals surface area contributed by atoms with Crippen LogP contribution in [-0.2, 0) is 0 Å². The molecule has 0 radical (unpaired) electrons. The highest BCUT2D eigenvalue weighted by Gasteiger charge is 2.07. The van der Waals surface area contributed by atoms with Crippen molar-refractivity contribution in [1.29, 1.82) is 0 Å². The van der Waals surface area contributed by atoms with Gasteiger partial charge in [-0.1, -0.05) is 12.1 Å². The van der Waals surface area contributed by atoms with Crippen molar-refractivity contribution in [2.45, 2.75) is 6.92 Å². The van der Waals surface area contributed by atoms with E-state index in [2.05, 4.69) is 4.98 Å². The van der Waals surface area contributed by atoms with Crippen molar-refractivity contribution in [3.05, 3.63) is 48.5 Å². The molecule has 0 saturated heterocycles. The van der Waals surface area contributed by atoms with Crippen LogP contribution in [0.15, 0.2) is 52.9 Å². The van der Waals surface area contributed by atoms with Crippen LogP contribution >= 0.6 is 0 Å². The molecule has 3 aromatic rings. The Morgan fingerprint density at radius 3 is 2.56 bits per heavy atom. The molecule has 3 rings (SSSR count). The molecule has 0 saturated carbocycles. The van der Waals surface area contributed by atoms with Gasteiger partial charge in [-0.15, -0.1) is 0 Å². The first-order valence-electron chi connectivity index (χ1n) is 5.95. The molecule has 0 aliphatic rings. The first-order valence-corrected chi connectivity index (χ1v) is 5.95. The van der Waals surface area contributed by atoms with Gasteiger partial charge in [0.15, 0.2) is 5.58 Å². The van der Waals surface area contributed by atoms with E-state index in [1.165, 1.54) is 0 Å². The van der Waals surface area contributed by atoms with Crippen molar-refractivity contribution >= 4 is 11.1 Å². The summed E-state index contributed by atoms with van der Waals surface area (Å²) in [5.41, 5.74) is 2.64. The molecule has 0 unspecified atom stereocenters. The van der Waals surface area contributed by atoms with Crippen LogP contribution in [-0.4, -0.2) is 11.6 Å². The second-order valence-corrected chi connectivity index (χ2v) is 3.94. The van der Waals surface area contributed by atoms with E-state index in [0.717, 1.165) is 22.4 Å². The van der Waals surface area contributed by atoms with Gasteiger partial charge in [-0.05, 0) is 43.3 Å². The fraction of sp³-hybridized carbons (Fsp3) is 0.133. The standard InChI is InChI=1S/C15H13NO2/c1-2-17-12-9-7-11(8-10-12)15-16-13-5-3-4-6-14(13)18-15/h3-10H,2H2,1H3. The zero-order chi connectivity index (χ0) is 12.4. The van der Waals surface area contributed by atoms with Gasteiger partial charge < -0.3 is 9.15 Å². The zero-order valence-electron chi connectivity index (χ0n) is 10.1. The highest BCUT2D eigenvalue weighted by molar-refractivity contribution is 5.75. The molecule has 3 nitrogen and oxygen atoms in total. The second-order valence-electron chi connectivity index (χ2n) is 3.94. The quantitative estimate of drug-likeness (QED) is 0.695. The summed E-state index contributed by atoms with van der Waals surface area (Å²) < 4.78 is 11.1. The van der Waals surface area contributed by atoms with Crippen molar-refractivity contribution < 1.29 is 9.15 Å². The van der Waals surface area contributed by atoms with Gasteiger partial charge in [0, 0.05) is 5.56 Å². The predicted molar refractivity (Wildman–Crippen MR) is 70.6 cm³/mol. The van der Waals surface area contributed by atoms with Gasteiger partial charge >= 0.3 is 0 Å². The Kier molecular flexibility index (Phi) is 2.73. The summed E-state index contributed by atoms with van der Waals surface area (Å²) in [7, 11) is 0. The lowest BCUT2D eigenvalue weighted by Crippen LogP contribution is -1.90. The van der Waals surface area contributed by atoms with E-state index in [1.54, 1.807) is 0 Å². The third kappa shape index (κ3) is 1.95. The van der Waals surface area contributed by atoms with Crippen LogP contribution in [0.25, 0.3) is 22.6 Å². The number of aromatic nitrogens is 1. The normalized spacial score (nSPS) is 10.7. The van der Waals surface area contributed by atoms with E-state index in [0.29, 0.717) is 12.5 Å². The van der Waals surface area contributed by atoms with E-state index in [-0.39, 0.29) is 0 Å². The average molecular weight is 239 g/mol. The van der Waals surface area contributed by atoms with Crippen LogP contribution in [0.5, 0.6) is 5.75 Å². The molecule has 18 heavy (non-hydrogen) atoms. The number of para-hydroxylation sites is 2. The van der Waals surface area contributed by atoms with Crippen LogP contribution in [0.1, 0.15) is 6.92 Å². The molecule has 0 atom stereocenters. The Hall–Kier alpha value is -2.29. The smallest absolute Gasteiger partial charge is 0.227 e. The van der Waals surface area contributed by atoms with E-state index in [9.17, 15) is 0 Å². The van der Waals surface area contributed by atoms with Crippen molar-refractivity contribution in [2.24, 2.45) is 0 Å². The molecular formula is C15H13NO2. The van der Waals surface area contributed by atoms with Crippen molar-refractivity contribution in [1.82, 2.24) is 4.98 Å². The molecule has 3 heteroatoms. The summed E-state index contributed by atoms with van der Waals surface area (Å²) in [5, 5.41) is 0. The summed E-state index contributed by atoms with van der Waals surface area (Å²) >= 11 is 0. The Bertz CT molecular complexity index is 623. The minimum absolute atomic E-state index is 0.638. The maximum absolute atomic E-state index is 5.70. The largest absolute Gasteiger partial charge is 0.494 e. The number of rotatable bonds is 3. The first kappa shape index (κ1) is 10.8. The molecular weight excluding hydrogens is 226 g/mol. The van der Waals surface area contributed by atoms with Crippen LogP contribution in [0.3, 0.4) is 0 Å².